The van der Waals surface area contributed by atoms with Gasteiger partial charge in [0.15, 0.2) is 0 Å². The molecule has 1 saturated heterocycles. The Balaban J connectivity index is 1.46. The fraction of sp³-hybridized carbons (Fsp3) is 0.304. The van der Waals surface area contributed by atoms with Gasteiger partial charge in [-0.2, -0.15) is 0 Å². The second kappa shape index (κ2) is 7.28. The maximum atomic E-state index is 11.9. The highest BCUT2D eigenvalue weighted by Crippen LogP contribution is 2.30. The number of nitrogens with zero attached hydrogens (tertiary/aromatic N) is 3. The lowest BCUT2D eigenvalue weighted by Crippen LogP contribution is -2.28. The molecule has 2 heterocycles. The first-order valence-corrected chi connectivity index (χ1v) is 10.1. The van der Waals surface area contributed by atoms with Crippen molar-refractivity contribution in [3.05, 3.63) is 54.4 Å². The molecule has 2 amide bonds. The molecule has 2 aliphatic rings. The SMILES string of the molecule is O=C1CCC(=O)N1Cc1cccc(-c2ccc3ncnc(NC4CCC4)c3c2)c1. The summed E-state index contributed by atoms with van der Waals surface area (Å²) in [5, 5.41) is 4.54. The van der Waals surface area contributed by atoms with Gasteiger partial charge < -0.3 is 5.32 Å². The smallest absolute Gasteiger partial charge is 0.229 e. The molecule has 5 rings (SSSR count). The van der Waals surface area contributed by atoms with E-state index in [1.807, 2.05) is 36.4 Å². The van der Waals surface area contributed by atoms with Gasteiger partial charge in [0.25, 0.3) is 0 Å². The molecule has 1 N–H and O–H groups in total. The van der Waals surface area contributed by atoms with Crippen molar-refractivity contribution < 1.29 is 9.59 Å². The van der Waals surface area contributed by atoms with Crippen molar-refractivity contribution in [2.24, 2.45) is 0 Å². The third-order valence-corrected chi connectivity index (χ3v) is 5.84. The quantitative estimate of drug-likeness (QED) is 0.673. The van der Waals surface area contributed by atoms with Crippen LogP contribution in [-0.2, 0) is 16.1 Å². The Bertz CT molecular complexity index is 1090. The van der Waals surface area contributed by atoms with Crippen molar-refractivity contribution in [3.63, 3.8) is 0 Å². The Morgan fingerprint density at radius 2 is 1.76 bits per heavy atom. The zero-order valence-corrected chi connectivity index (χ0v) is 16.1. The van der Waals surface area contributed by atoms with E-state index in [2.05, 4.69) is 21.4 Å². The van der Waals surface area contributed by atoms with E-state index < -0.39 is 0 Å². The summed E-state index contributed by atoms with van der Waals surface area (Å²) in [6, 6.07) is 14.7. The number of rotatable bonds is 5. The fourth-order valence-electron chi connectivity index (χ4n) is 3.93. The van der Waals surface area contributed by atoms with Crippen molar-refractivity contribution in [2.75, 3.05) is 5.32 Å². The van der Waals surface area contributed by atoms with Gasteiger partial charge in [0.1, 0.15) is 12.1 Å². The number of amides is 2. The van der Waals surface area contributed by atoms with E-state index in [-0.39, 0.29) is 11.8 Å². The van der Waals surface area contributed by atoms with Gasteiger partial charge >= 0.3 is 0 Å². The summed E-state index contributed by atoms with van der Waals surface area (Å²) in [7, 11) is 0. The number of nitrogens with one attached hydrogen (secondary N) is 1. The van der Waals surface area contributed by atoms with Crippen molar-refractivity contribution >= 4 is 28.5 Å². The average Bonchev–Trinajstić information content (AvgIpc) is 3.02. The molecular weight excluding hydrogens is 364 g/mol. The molecule has 0 spiro atoms. The summed E-state index contributed by atoms with van der Waals surface area (Å²) in [5.74, 6) is 0.705. The van der Waals surface area contributed by atoms with E-state index in [0.29, 0.717) is 25.4 Å². The highest BCUT2D eigenvalue weighted by Gasteiger charge is 2.28. The third kappa shape index (κ3) is 3.46. The van der Waals surface area contributed by atoms with Crippen molar-refractivity contribution in [1.29, 1.82) is 0 Å². The van der Waals surface area contributed by atoms with Gasteiger partial charge in [-0.25, -0.2) is 9.97 Å². The maximum Gasteiger partial charge on any atom is 0.229 e. The predicted molar refractivity (Wildman–Crippen MR) is 111 cm³/mol. The minimum absolute atomic E-state index is 0.0880. The van der Waals surface area contributed by atoms with Gasteiger partial charge in [0.05, 0.1) is 12.1 Å². The molecule has 0 radical (unpaired) electrons. The number of carbonyl (C=O) groups excluding carboxylic acids is 2. The Labute approximate surface area is 169 Å². The van der Waals surface area contributed by atoms with Gasteiger partial charge in [-0.3, -0.25) is 14.5 Å². The van der Waals surface area contributed by atoms with Crippen molar-refractivity contribution in [2.45, 2.75) is 44.7 Å². The molecule has 0 unspecified atom stereocenters. The number of carbonyl (C=O) groups is 2. The fourth-order valence-corrected chi connectivity index (χ4v) is 3.93. The molecule has 1 aromatic heterocycles. The summed E-state index contributed by atoms with van der Waals surface area (Å²) in [6.07, 6.45) is 5.87. The normalized spacial score (nSPS) is 17.0. The van der Waals surface area contributed by atoms with E-state index in [1.165, 1.54) is 24.2 Å². The Kier molecular flexibility index (Phi) is 4.46. The zero-order chi connectivity index (χ0) is 19.8. The average molecular weight is 386 g/mol. The Hall–Kier alpha value is -3.28. The minimum Gasteiger partial charge on any atom is -0.367 e. The number of hydrogen-bond donors (Lipinski definition) is 1. The number of likely N-dealkylation sites (tertiary alicyclic amines) is 1. The van der Waals surface area contributed by atoms with Crippen LogP contribution in [-0.4, -0.2) is 32.7 Å². The molecule has 6 nitrogen and oxygen atoms in total. The van der Waals surface area contributed by atoms with E-state index in [9.17, 15) is 9.59 Å². The molecule has 0 bridgehead atoms. The third-order valence-electron chi connectivity index (χ3n) is 5.84. The first kappa shape index (κ1) is 17.8. The van der Waals surface area contributed by atoms with Gasteiger partial charge in [-0.1, -0.05) is 24.3 Å². The molecular formula is C23H22N4O2. The summed E-state index contributed by atoms with van der Waals surface area (Å²) >= 11 is 0. The molecule has 1 saturated carbocycles. The van der Waals surface area contributed by atoms with E-state index in [4.69, 9.17) is 0 Å². The summed E-state index contributed by atoms with van der Waals surface area (Å²) < 4.78 is 0. The molecule has 2 fully saturated rings. The summed E-state index contributed by atoms with van der Waals surface area (Å²) in [5.41, 5.74) is 3.96. The topological polar surface area (TPSA) is 75.2 Å². The number of imide groups is 1. The predicted octanol–water partition coefficient (Wildman–Crippen LogP) is 3.91. The molecule has 146 valence electrons. The molecule has 6 heteroatoms. The number of benzene rings is 2. The van der Waals surface area contributed by atoms with Crippen LogP contribution in [0.3, 0.4) is 0 Å². The van der Waals surface area contributed by atoms with Crippen LogP contribution in [0.1, 0.15) is 37.7 Å². The second-order valence-corrected chi connectivity index (χ2v) is 7.80. The maximum absolute atomic E-state index is 11.9. The van der Waals surface area contributed by atoms with E-state index in [0.717, 1.165) is 33.4 Å². The Morgan fingerprint density at radius 1 is 0.966 bits per heavy atom. The molecule has 29 heavy (non-hydrogen) atoms. The van der Waals surface area contributed by atoms with Gasteiger partial charge in [0.2, 0.25) is 11.8 Å². The largest absolute Gasteiger partial charge is 0.367 e. The van der Waals surface area contributed by atoms with Gasteiger partial charge in [-0.15, -0.1) is 0 Å². The Morgan fingerprint density at radius 3 is 2.52 bits per heavy atom. The number of fused-ring (bicyclic) bond motifs is 1. The van der Waals surface area contributed by atoms with E-state index >= 15 is 0 Å². The van der Waals surface area contributed by atoms with Crippen LogP contribution in [0, 0.1) is 0 Å². The van der Waals surface area contributed by atoms with Crippen LogP contribution >= 0.6 is 0 Å². The lowest BCUT2D eigenvalue weighted by atomic mass is 9.93. The van der Waals surface area contributed by atoms with E-state index in [1.54, 1.807) is 6.33 Å². The standard InChI is InChI=1S/C23H22N4O2/c28-21-9-10-22(29)27(21)13-15-3-1-4-16(11-15)17-7-8-20-19(12-17)23(25-14-24-20)26-18-5-2-6-18/h1,3-4,7-8,11-12,14,18H,2,5-6,9-10,13H2,(H,24,25,26). The van der Waals surface area contributed by atoms with Crippen molar-refractivity contribution in [3.8, 4) is 11.1 Å². The molecule has 3 aromatic rings. The van der Waals surface area contributed by atoms with Crippen LogP contribution in [0.15, 0.2) is 48.8 Å². The molecule has 1 aliphatic carbocycles. The molecule has 0 atom stereocenters. The zero-order valence-electron chi connectivity index (χ0n) is 16.1. The summed E-state index contributed by atoms with van der Waals surface area (Å²) in [4.78, 5) is 34.1. The van der Waals surface area contributed by atoms with Crippen LogP contribution in [0.5, 0.6) is 0 Å². The van der Waals surface area contributed by atoms with Crippen LogP contribution < -0.4 is 5.32 Å². The number of aromatic nitrogens is 2. The van der Waals surface area contributed by atoms with Crippen LogP contribution in [0.4, 0.5) is 5.82 Å². The molecule has 2 aromatic carbocycles. The number of hydrogen-bond acceptors (Lipinski definition) is 5. The van der Waals surface area contributed by atoms with Crippen molar-refractivity contribution in [1.82, 2.24) is 14.9 Å². The monoisotopic (exact) mass is 386 g/mol. The van der Waals surface area contributed by atoms with Gasteiger partial charge in [0, 0.05) is 24.3 Å². The number of anilines is 1. The first-order valence-electron chi connectivity index (χ1n) is 10.1. The lowest BCUT2D eigenvalue weighted by molar-refractivity contribution is -0.139. The highest BCUT2D eigenvalue weighted by molar-refractivity contribution is 6.01. The lowest BCUT2D eigenvalue weighted by Gasteiger charge is -2.27. The van der Waals surface area contributed by atoms with Crippen LogP contribution in [0.25, 0.3) is 22.0 Å². The molecule has 1 aliphatic heterocycles. The second-order valence-electron chi connectivity index (χ2n) is 7.80. The first-order chi connectivity index (χ1) is 14.2. The minimum atomic E-state index is -0.0880. The highest BCUT2D eigenvalue weighted by atomic mass is 16.2. The van der Waals surface area contributed by atoms with Crippen LogP contribution in [0.2, 0.25) is 0 Å². The summed E-state index contributed by atoms with van der Waals surface area (Å²) in [6.45, 7) is 0.330. The van der Waals surface area contributed by atoms with Gasteiger partial charge in [-0.05, 0) is 54.2 Å².